The minimum absolute atomic E-state index is 0.0248. The minimum Gasteiger partial charge on any atom is -0.497 e. The van der Waals surface area contributed by atoms with Crippen LogP contribution < -0.4 is 10.1 Å². The van der Waals surface area contributed by atoms with Crippen LogP contribution in [0, 0.1) is 0 Å². The predicted octanol–water partition coefficient (Wildman–Crippen LogP) is 0.887. The highest BCUT2D eigenvalue weighted by Gasteiger charge is 2.53. The first-order valence-corrected chi connectivity index (χ1v) is 6.01. The number of rotatable bonds is 1. The van der Waals surface area contributed by atoms with Crippen molar-refractivity contribution in [3.63, 3.8) is 0 Å². The van der Waals surface area contributed by atoms with Crippen molar-refractivity contribution < 1.29 is 14.6 Å². The Morgan fingerprint density at radius 2 is 2.39 bits per heavy atom. The Hall–Kier alpha value is -1.75. The number of aliphatic hydroxyl groups is 1. The molecule has 0 saturated carbocycles. The van der Waals surface area contributed by atoms with Gasteiger partial charge in [-0.05, 0) is 18.2 Å². The Morgan fingerprint density at radius 1 is 1.61 bits per heavy atom. The summed E-state index contributed by atoms with van der Waals surface area (Å²) < 4.78 is 5.19. The zero-order chi connectivity index (χ0) is 12.9. The lowest BCUT2D eigenvalue weighted by Gasteiger charge is -2.27. The highest BCUT2D eigenvalue weighted by molar-refractivity contribution is 5.76. The highest BCUT2D eigenvalue weighted by Crippen LogP contribution is 2.47. The molecule has 5 nitrogen and oxygen atoms in total. The van der Waals surface area contributed by atoms with Gasteiger partial charge in [0.2, 0.25) is 5.91 Å². The molecule has 2 aliphatic rings. The molecule has 1 fully saturated rings. The quantitative estimate of drug-likeness (QED) is 0.774. The van der Waals surface area contributed by atoms with Crippen LogP contribution >= 0.6 is 0 Å². The fraction of sp³-hybridized carbons (Fsp3) is 0.462. The molecular weight excluding hydrogens is 232 g/mol. The van der Waals surface area contributed by atoms with Crippen molar-refractivity contribution in [3.8, 4) is 5.75 Å². The van der Waals surface area contributed by atoms with Gasteiger partial charge in [-0.15, -0.1) is 0 Å². The Balaban J connectivity index is 2.04. The molecule has 1 saturated heterocycles. The fourth-order valence-electron chi connectivity index (χ4n) is 2.91. The molecule has 0 aromatic heterocycles. The molecule has 2 aliphatic heterocycles. The predicted molar refractivity (Wildman–Crippen MR) is 66.3 cm³/mol. The third-order valence-corrected chi connectivity index (χ3v) is 3.89. The van der Waals surface area contributed by atoms with E-state index in [2.05, 4.69) is 5.32 Å². The van der Waals surface area contributed by atoms with Gasteiger partial charge in [-0.3, -0.25) is 4.79 Å². The number of amides is 1. The molecular formula is C13H16N2O3. The van der Waals surface area contributed by atoms with Crippen LogP contribution in [0.1, 0.15) is 18.9 Å². The van der Waals surface area contributed by atoms with Crippen LogP contribution in [0.15, 0.2) is 18.2 Å². The van der Waals surface area contributed by atoms with Gasteiger partial charge in [0, 0.05) is 31.1 Å². The van der Waals surface area contributed by atoms with Gasteiger partial charge in [-0.2, -0.15) is 0 Å². The van der Waals surface area contributed by atoms with E-state index in [0.717, 1.165) is 11.3 Å². The van der Waals surface area contributed by atoms with E-state index in [1.54, 1.807) is 12.0 Å². The molecule has 96 valence electrons. The molecule has 0 radical (unpaired) electrons. The molecule has 0 bridgehead atoms. The zero-order valence-electron chi connectivity index (χ0n) is 10.4. The Kier molecular flexibility index (Phi) is 2.28. The van der Waals surface area contributed by atoms with Gasteiger partial charge < -0.3 is 20.1 Å². The summed E-state index contributed by atoms with van der Waals surface area (Å²) in [7, 11) is 1.60. The Morgan fingerprint density at radius 3 is 3.06 bits per heavy atom. The number of fused-ring (bicyclic) bond motifs is 3. The number of ether oxygens (including phenoxy) is 1. The monoisotopic (exact) mass is 248 g/mol. The van der Waals surface area contributed by atoms with E-state index in [1.807, 2.05) is 18.2 Å². The van der Waals surface area contributed by atoms with Crippen molar-refractivity contribution in [1.29, 1.82) is 0 Å². The lowest BCUT2D eigenvalue weighted by molar-refractivity contribution is -0.131. The topological polar surface area (TPSA) is 61.8 Å². The van der Waals surface area contributed by atoms with Crippen molar-refractivity contribution in [2.45, 2.75) is 25.1 Å². The van der Waals surface area contributed by atoms with E-state index in [-0.39, 0.29) is 12.1 Å². The summed E-state index contributed by atoms with van der Waals surface area (Å²) in [4.78, 5) is 13.2. The molecule has 0 aliphatic carbocycles. The van der Waals surface area contributed by atoms with Crippen molar-refractivity contribution in [1.82, 2.24) is 4.90 Å². The minimum atomic E-state index is -1.00. The summed E-state index contributed by atoms with van der Waals surface area (Å²) in [6, 6.07) is 5.56. The number of likely N-dealkylation sites (tertiary alicyclic amines) is 1. The molecule has 5 heteroatoms. The maximum atomic E-state index is 11.6. The standard InChI is InChI=1S/C13H16N2O3/c1-8(16)15-6-5-13(17)10-7-9(18-2)3-4-11(10)14-12(13)15/h3-4,7,12,14,17H,5-6H2,1-2H3. The summed E-state index contributed by atoms with van der Waals surface area (Å²) in [6.45, 7) is 2.09. The van der Waals surface area contributed by atoms with Crippen molar-refractivity contribution in [2.24, 2.45) is 0 Å². The van der Waals surface area contributed by atoms with E-state index < -0.39 is 5.60 Å². The maximum absolute atomic E-state index is 11.6. The van der Waals surface area contributed by atoms with Crippen LogP contribution in [0.4, 0.5) is 5.69 Å². The third-order valence-electron chi connectivity index (χ3n) is 3.89. The summed E-state index contributed by atoms with van der Waals surface area (Å²) >= 11 is 0. The average molecular weight is 248 g/mol. The molecule has 1 amide bonds. The molecule has 2 heterocycles. The molecule has 2 atom stereocenters. The van der Waals surface area contributed by atoms with E-state index in [4.69, 9.17) is 4.74 Å². The van der Waals surface area contributed by atoms with Crippen molar-refractivity contribution in [2.75, 3.05) is 19.0 Å². The van der Waals surface area contributed by atoms with E-state index in [0.29, 0.717) is 18.7 Å². The zero-order valence-corrected chi connectivity index (χ0v) is 10.4. The second-order valence-corrected chi connectivity index (χ2v) is 4.85. The Bertz CT molecular complexity index is 517. The molecule has 1 aromatic carbocycles. The first-order chi connectivity index (χ1) is 8.56. The number of methoxy groups -OCH3 is 1. The number of hydrogen-bond donors (Lipinski definition) is 2. The third kappa shape index (κ3) is 1.34. The highest BCUT2D eigenvalue weighted by atomic mass is 16.5. The largest absolute Gasteiger partial charge is 0.497 e. The Labute approximate surface area is 105 Å². The summed E-state index contributed by atoms with van der Waals surface area (Å²) in [5.74, 6) is 0.689. The fourth-order valence-corrected chi connectivity index (χ4v) is 2.91. The number of nitrogens with zero attached hydrogens (tertiary/aromatic N) is 1. The van der Waals surface area contributed by atoms with Crippen molar-refractivity contribution in [3.05, 3.63) is 23.8 Å². The van der Waals surface area contributed by atoms with Gasteiger partial charge in [-0.25, -0.2) is 0 Å². The van der Waals surface area contributed by atoms with Gasteiger partial charge in [0.25, 0.3) is 0 Å². The molecule has 1 aromatic rings. The SMILES string of the molecule is COc1ccc2c(c1)C1(O)CCN(C(C)=O)C1N2. The lowest BCUT2D eigenvalue weighted by atomic mass is 9.93. The van der Waals surface area contributed by atoms with Gasteiger partial charge in [0.1, 0.15) is 17.5 Å². The van der Waals surface area contributed by atoms with Gasteiger partial charge >= 0.3 is 0 Å². The van der Waals surface area contributed by atoms with Crippen LogP contribution in [-0.4, -0.2) is 35.7 Å². The van der Waals surface area contributed by atoms with Crippen LogP contribution in [0.2, 0.25) is 0 Å². The van der Waals surface area contributed by atoms with E-state index in [9.17, 15) is 9.90 Å². The molecule has 18 heavy (non-hydrogen) atoms. The van der Waals surface area contributed by atoms with Crippen LogP contribution in [-0.2, 0) is 10.4 Å². The smallest absolute Gasteiger partial charge is 0.221 e. The van der Waals surface area contributed by atoms with Gasteiger partial charge in [0.15, 0.2) is 0 Å². The first kappa shape index (κ1) is 11.3. The molecule has 0 spiro atoms. The van der Waals surface area contributed by atoms with Crippen LogP contribution in [0.5, 0.6) is 5.75 Å². The molecule has 2 unspecified atom stereocenters. The van der Waals surface area contributed by atoms with Crippen molar-refractivity contribution >= 4 is 11.6 Å². The summed E-state index contributed by atoms with van der Waals surface area (Å²) in [6.07, 6.45) is 0.182. The van der Waals surface area contributed by atoms with Gasteiger partial charge in [0.05, 0.1) is 7.11 Å². The second-order valence-electron chi connectivity index (χ2n) is 4.85. The number of anilines is 1. The van der Waals surface area contributed by atoms with E-state index >= 15 is 0 Å². The maximum Gasteiger partial charge on any atom is 0.221 e. The average Bonchev–Trinajstić information content (AvgIpc) is 2.81. The number of hydrogen-bond acceptors (Lipinski definition) is 4. The second kappa shape index (κ2) is 3.62. The normalized spacial score (nSPS) is 28.6. The summed E-state index contributed by atoms with van der Waals surface area (Å²) in [5, 5.41) is 14.0. The number of carbonyl (C=O) groups excluding carboxylic acids is 1. The molecule has 3 rings (SSSR count). The van der Waals surface area contributed by atoms with Crippen LogP contribution in [0.25, 0.3) is 0 Å². The first-order valence-electron chi connectivity index (χ1n) is 6.01. The number of nitrogens with one attached hydrogen (secondary N) is 1. The number of carbonyl (C=O) groups is 1. The van der Waals surface area contributed by atoms with Crippen LogP contribution in [0.3, 0.4) is 0 Å². The van der Waals surface area contributed by atoms with E-state index in [1.165, 1.54) is 6.92 Å². The molecule has 2 N–H and O–H groups in total. The number of benzene rings is 1. The summed E-state index contributed by atoms with van der Waals surface area (Å²) in [5.41, 5.74) is 0.681. The lowest BCUT2D eigenvalue weighted by Crippen LogP contribution is -2.45. The van der Waals surface area contributed by atoms with Gasteiger partial charge in [-0.1, -0.05) is 0 Å².